The molecular weight excluding hydrogens is 144 g/mol. The fraction of sp³-hybridized carbons (Fsp3) is 1.00. The first kappa shape index (κ1) is 6.72. The van der Waals surface area contributed by atoms with Gasteiger partial charge in [-0.25, -0.2) is 0 Å². The average Bonchev–Trinajstić information content (AvgIpc) is 1.67. The van der Waals surface area contributed by atoms with E-state index >= 15 is 0 Å². The highest BCUT2D eigenvalue weighted by molar-refractivity contribution is 8.00. The summed E-state index contributed by atoms with van der Waals surface area (Å²) < 4.78 is 0. The Labute approximate surface area is 58.4 Å². The monoisotopic (exact) mass is 152 g/mol. The molecule has 0 spiro atoms. The Morgan fingerprint density at radius 3 is 2.25 bits per heavy atom. The number of aliphatic hydroxyl groups is 1. The Kier molecular flexibility index (Phi) is 2.07. The predicted molar refractivity (Wildman–Crippen MR) is 37.6 cm³/mol. The van der Waals surface area contributed by atoms with E-state index < -0.39 is 0 Å². The van der Waals surface area contributed by atoms with E-state index in [2.05, 4.69) is 0 Å². The van der Waals surface area contributed by atoms with Crippen molar-refractivity contribution >= 4 is 23.4 Å². The van der Waals surface area contributed by atoms with Crippen LogP contribution in [0.2, 0.25) is 0 Å². The Balaban J connectivity index is 2.33. The van der Waals surface area contributed by atoms with Gasteiger partial charge in [0.2, 0.25) is 0 Å². The fourth-order valence-electron chi connectivity index (χ4n) is 0.601. The van der Waals surface area contributed by atoms with Crippen molar-refractivity contribution in [3.05, 3.63) is 0 Å². The summed E-state index contributed by atoms with van der Waals surface area (Å²) in [7, 11) is 0. The second kappa shape index (κ2) is 2.46. The summed E-state index contributed by atoms with van der Waals surface area (Å²) in [5.41, 5.74) is 0.0895. The quantitative estimate of drug-likeness (QED) is 0.595. The van der Waals surface area contributed by atoms with Crippen LogP contribution in [0.1, 0.15) is 0 Å². The molecule has 0 aliphatic carbocycles. The van der Waals surface area contributed by atoms with Gasteiger partial charge in [-0.2, -0.15) is 11.8 Å². The lowest BCUT2D eigenvalue weighted by Crippen LogP contribution is -2.40. The largest absolute Gasteiger partial charge is 0.396 e. The molecule has 0 unspecified atom stereocenters. The van der Waals surface area contributed by atoms with Gasteiger partial charge >= 0.3 is 0 Å². The number of hydrogen-bond acceptors (Lipinski definition) is 2. The summed E-state index contributed by atoms with van der Waals surface area (Å²) in [5, 5.41) is 8.74. The number of thioether (sulfide) groups is 1. The highest BCUT2D eigenvalue weighted by Crippen LogP contribution is 2.38. The van der Waals surface area contributed by atoms with Crippen LogP contribution in [0.5, 0.6) is 0 Å². The lowest BCUT2D eigenvalue weighted by Gasteiger charge is -2.37. The van der Waals surface area contributed by atoms with Crippen LogP contribution in [-0.4, -0.2) is 29.1 Å². The van der Waals surface area contributed by atoms with Gasteiger partial charge in [0.05, 0.1) is 6.61 Å². The van der Waals surface area contributed by atoms with Crippen LogP contribution in [0.15, 0.2) is 0 Å². The van der Waals surface area contributed by atoms with Gasteiger partial charge in [0.25, 0.3) is 0 Å². The first-order chi connectivity index (χ1) is 3.83. The van der Waals surface area contributed by atoms with E-state index in [-0.39, 0.29) is 12.0 Å². The van der Waals surface area contributed by atoms with Crippen LogP contribution in [0.3, 0.4) is 0 Å². The molecule has 1 fully saturated rings. The summed E-state index contributed by atoms with van der Waals surface area (Å²) in [6, 6.07) is 0. The molecule has 0 atom stereocenters. The van der Waals surface area contributed by atoms with E-state index in [1.54, 1.807) is 0 Å². The summed E-state index contributed by atoms with van der Waals surface area (Å²) in [6.45, 7) is 0.253. The van der Waals surface area contributed by atoms with Gasteiger partial charge in [-0.3, -0.25) is 0 Å². The van der Waals surface area contributed by atoms with Crippen LogP contribution in [0.4, 0.5) is 0 Å². The van der Waals surface area contributed by atoms with Crippen molar-refractivity contribution in [1.29, 1.82) is 0 Å². The second-order valence-corrected chi connectivity index (χ2v) is 3.54. The number of alkyl halides is 1. The van der Waals surface area contributed by atoms with Crippen LogP contribution in [0.25, 0.3) is 0 Å². The van der Waals surface area contributed by atoms with Gasteiger partial charge in [-0.05, 0) is 0 Å². The molecule has 1 aliphatic rings. The van der Waals surface area contributed by atoms with E-state index in [0.29, 0.717) is 5.88 Å². The zero-order valence-corrected chi connectivity index (χ0v) is 6.13. The highest BCUT2D eigenvalue weighted by Gasteiger charge is 2.35. The SMILES string of the molecule is OCC1(CCl)CSC1. The average molecular weight is 153 g/mol. The van der Waals surface area contributed by atoms with Crippen molar-refractivity contribution in [2.45, 2.75) is 0 Å². The molecule has 1 nitrogen and oxygen atoms in total. The molecule has 0 aromatic heterocycles. The van der Waals surface area contributed by atoms with Crippen LogP contribution in [-0.2, 0) is 0 Å². The van der Waals surface area contributed by atoms with Crippen molar-refractivity contribution in [3.63, 3.8) is 0 Å². The van der Waals surface area contributed by atoms with Crippen molar-refractivity contribution < 1.29 is 5.11 Å². The van der Waals surface area contributed by atoms with Crippen molar-refractivity contribution in [1.82, 2.24) is 0 Å². The lowest BCUT2D eigenvalue weighted by molar-refractivity contribution is 0.178. The van der Waals surface area contributed by atoms with Gasteiger partial charge in [0, 0.05) is 22.8 Å². The summed E-state index contributed by atoms with van der Waals surface area (Å²) in [4.78, 5) is 0. The third kappa shape index (κ3) is 0.971. The van der Waals surface area contributed by atoms with Crippen LogP contribution < -0.4 is 0 Å². The Morgan fingerprint density at radius 2 is 2.25 bits per heavy atom. The maximum Gasteiger partial charge on any atom is 0.0514 e. The fourth-order valence-corrected chi connectivity index (χ4v) is 2.27. The number of hydrogen-bond donors (Lipinski definition) is 1. The summed E-state index contributed by atoms with van der Waals surface area (Å²) >= 11 is 7.44. The Hall–Kier alpha value is 0.600. The van der Waals surface area contributed by atoms with E-state index in [1.165, 1.54) is 0 Å². The van der Waals surface area contributed by atoms with Crippen LogP contribution in [0, 0.1) is 5.41 Å². The van der Waals surface area contributed by atoms with E-state index in [1.807, 2.05) is 11.8 Å². The van der Waals surface area contributed by atoms with Crippen molar-refractivity contribution in [3.8, 4) is 0 Å². The van der Waals surface area contributed by atoms with Gasteiger partial charge in [-0.1, -0.05) is 0 Å². The normalized spacial score (nSPS) is 24.8. The minimum absolute atomic E-state index is 0.0895. The molecule has 0 radical (unpaired) electrons. The summed E-state index contributed by atoms with van der Waals surface area (Å²) in [6.07, 6.45) is 0. The first-order valence-corrected chi connectivity index (χ1v) is 4.26. The van der Waals surface area contributed by atoms with Gasteiger partial charge in [0.1, 0.15) is 0 Å². The van der Waals surface area contributed by atoms with Gasteiger partial charge in [0.15, 0.2) is 0 Å². The van der Waals surface area contributed by atoms with E-state index in [4.69, 9.17) is 16.7 Å². The molecular formula is C5H9ClOS. The van der Waals surface area contributed by atoms with E-state index in [9.17, 15) is 0 Å². The molecule has 1 N–H and O–H groups in total. The number of aliphatic hydroxyl groups excluding tert-OH is 1. The maximum atomic E-state index is 8.74. The molecule has 1 rings (SSSR count). The topological polar surface area (TPSA) is 20.2 Å². The molecule has 1 aliphatic heterocycles. The zero-order valence-electron chi connectivity index (χ0n) is 4.56. The van der Waals surface area contributed by atoms with Gasteiger partial charge in [-0.15, -0.1) is 11.6 Å². The second-order valence-electron chi connectivity index (χ2n) is 2.28. The van der Waals surface area contributed by atoms with Crippen LogP contribution >= 0.6 is 23.4 Å². The third-order valence-corrected chi connectivity index (χ3v) is 3.64. The first-order valence-electron chi connectivity index (χ1n) is 2.58. The third-order valence-electron chi connectivity index (χ3n) is 1.44. The zero-order chi connectivity index (χ0) is 6.04. The Morgan fingerprint density at radius 1 is 1.62 bits per heavy atom. The maximum absolute atomic E-state index is 8.74. The Bertz CT molecular complexity index is 69.0. The molecule has 0 bridgehead atoms. The summed E-state index contributed by atoms with van der Waals surface area (Å²) in [5.74, 6) is 2.68. The number of rotatable bonds is 2. The molecule has 3 heteroatoms. The molecule has 0 aromatic carbocycles. The lowest BCUT2D eigenvalue weighted by atomic mass is 9.96. The predicted octanol–water partition coefficient (Wildman–Crippen LogP) is 0.951. The molecule has 0 saturated carbocycles. The minimum atomic E-state index is 0.0895. The molecule has 48 valence electrons. The molecule has 8 heavy (non-hydrogen) atoms. The molecule has 1 heterocycles. The van der Waals surface area contributed by atoms with Crippen molar-refractivity contribution in [2.75, 3.05) is 24.0 Å². The molecule has 1 saturated heterocycles. The van der Waals surface area contributed by atoms with Gasteiger partial charge < -0.3 is 5.11 Å². The minimum Gasteiger partial charge on any atom is -0.396 e. The smallest absolute Gasteiger partial charge is 0.0514 e. The number of halogens is 1. The standard InChI is InChI=1S/C5H9ClOS/c6-1-5(2-7)3-8-4-5/h7H,1-4H2. The van der Waals surface area contributed by atoms with Crippen molar-refractivity contribution in [2.24, 2.45) is 5.41 Å². The highest BCUT2D eigenvalue weighted by atomic mass is 35.5. The molecule has 0 amide bonds. The van der Waals surface area contributed by atoms with E-state index in [0.717, 1.165) is 11.5 Å². The molecule has 0 aromatic rings.